The van der Waals surface area contributed by atoms with Crippen molar-refractivity contribution in [3.63, 3.8) is 0 Å². The maximum atomic E-state index is 11.5. The molecule has 324 valence electrons. The van der Waals surface area contributed by atoms with Crippen LogP contribution in [-0.2, 0) is 45.4 Å². The molecule has 20 N–H and O–H groups in total. The molecule has 2 fully saturated rings. The van der Waals surface area contributed by atoms with Crippen LogP contribution < -0.4 is 11.5 Å². The van der Waals surface area contributed by atoms with Gasteiger partial charge >= 0.3 is 31.3 Å². The molecule has 0 aromatic carbocycles. The predicted molar refractivity (Wildman–Crippen MR) is 180 cm³/mol. The van der Waals surface area contributed by atoms with Crippen molar-refractivity contribution in [1.29, 1.82) is 0 Å². The zero-order chi connectivity index (χ0) is 40.0. The number of rotatable bonds is 12. The number of aliphatic hydroxyl groups excluding tert-OH is 4. The number of phosphoric ester groups is 2. The number of ether oxygens (including phenoxy) is 2. The first-order valence-corrected chi connectivity index (χ1v) is 20.4. The smallest absolute Gasteiger partial charge is 0.412 e. The van der Waals surface area contributed by atoms with Crippen molar-refractivity contribution >= 4 is 65.3 Å². The Balaban J connectivity index is 0.000000374. The molecule has 33 nitrogen and oxygen atoms in total. The van der Waals surface area contributed by atoms with Gasteiger partial charge in [-0.1, -0.05) is 0 Å². The van der Waals surface area contributed by atoms with Crippen LogP contribution in [0.3, 0.4) is 0 Å². The monoisotopic (exact) mass is 908 g/mol. The third-order valence-corrected chi connectivity index (χ3v) is 11.5. The fourth-order valence-corrected chi connectivity index (χ4v) is 8.16. The highest BCUT2D eigenvalue weighted by Gasteiger charge is 2.47. The van der Waals surface area contributed by atoms with E-state index in [1.165, 1.54) is 21.8 Å². The van der Waals surface area contributed by atoms with Gasteiger partial charge in [-0.3, -0.25) is 18.2 Å². The summed E-state index contributed by atoms with van der Waals surface area (Å²) in [5.41, 5.74) is 12.2. The van der Waals surface area contributed by atoms with Crippen LogP contribution in [0.1, 0.15) is 12.5 Å². The summed E-state index contributed by atoms with van der Waals surface area (Å²) in [4.78, 5) is 76.2. The van der Waals surface area contributed by atoms with Crippen LogP contribution in [0.5, 0.6) is 0 Å². The van der Waals surface area contributed by atoms with E-state index in [0.29, 0.717) is 0 Å². The minimum atomic E-state index is -5.29. The fraction of sp³-hybridized carbons (Fsp3) is 0.500. The first kappa shape index (κ1) is 50.0. The van der Waals surface area contributed by atoms with E-state index < -0.39 is 93.6 Å². The zero-order valence-electron chi connectivity index (χ0n) is 27.9. The minimum Gasteiger partial charge on any atom is -0.412 e. The van der Waals surface area contributed by atoms with Crippen molar-refractivity contribution < 1.29 is 112 Å². The first-order valence-electron chi connectivity index (χ1n) is 14.3. The van der Waals surface area contributed by atoms with Crippen LogP contribution in [0.4, 0.5) is 11.6 Å². The first-order chi connectivity index (χ1) is 25.0. The summed E-state index contributed by atoms with van der Waals surface area (Å²) < 4.78 is 73.6. The number of anilines is 2. The van der Waals surface area contributed by atoms with Crippen molar-refractivity contribution in [3.05, 3.63) is 25.3 Å². The Labute approximate surface area is 315 Å². The van der Waals surface area contributed by atoms with Crippen molar-refractivity contribution in [2.45, 2.75) is 49.1 Å². The maximum Gasteiger partial charge on any atom is 0.481 e. The SMILES string of the molecule is Nc1ncnc2c1ncn2[C@@H]1O[C@H](COP(=O)(O)OP(=O)(O)O)[C@@H](O)[C@H]1O.Nc1ncnc2c1ncn2[C@@H]1O[C@H](COP(=O)(O)OP(=O)(O)O)[C@@H](O)[C@H]1O.O.O.O. The van der Waals surface area contributed by atoms with Gasteiger partial charge in [-0.2, -0.15) is 8.62 Å². The molecule has 0 amide bonds. The number of hydrogen-bond acceptors (Lipinski definition) is 22. The van der Waals surface area contributed by atoms with Gasteiger partial charge in [-0.15, -0.1) is 0 Å². The number of aromatic nitrogens is 8. The molecule has 0 radical (unpaired) electrons. The minimum absolute atomic E-state index is 0. The Kier molecular flexibility index (Phi) is 16.5. The van der Waals surface area contributed by atoms with Crippen LogP contribution in [0.15, 0.2) is 25.3 Å². The van der Waals surface area contributed by atoms with Gasteiger partial charge in [-0.05, 0) is 0 Å². The standard InChI is InChI=1S/2C10H15N5O10P2.3H2O/c2*11-8-5-9(13-2-12-8)15(3-14-5)10-7(17)6(16)4(24-10)1-23-27(21,22)25-26(18,19)20;;;/h2*2-4,6-7,10,16-17H,1H2,(H,21,22)(H2,11,12,13)(H2,18,19,20);3*1H2/t2*4-,6-,7-,10-;;;/m11.../s1. The fourth-order valence-electron chi connectivity index (χ4n) is 4.96. The number of nitrogens with two attached hydrogens (primary N) is 2. The average Bonchev–Trinajstić information content (AvgIpc) is 3.80. The van der Waals surface area contributed by atoms with Crippen molar-refractivity contribution in [2.75, 3.05) is 24.7 Å². The molecule has 10 atom stereocenters. The van der Waals surface area contributed by atoms with E-state index in [0.717, 1.165) is 12.7 Å². The summed E-state index contributed by atoms with van der Waals surface area (Å²) in [6.07, 6.45) is -6.40. The molecule has 6 rings (SSSR count). The second-order valence-electron chi connectivity index (χ2n) is 10.9. The number of fused-ring (bicyclic) bond motifs is 2. The Morgan fingerprint density at radius 3 is 1.23 bits per heavy atom. The van der Waals surface area contributed by atoms with Crippen molar-refractivity contribution in [3.8, 4) is 0 Å². The molecule has 2 saturated heterocycles. The van der Waals surface area contributed by atoms with Gasteiger partial charge < -0.3 is 87.2 Å². The summed E-state index contributed by atoms with van der Waals surface area (Å²) in [5, 5.41) is 40.5. The number of phosphoric acid groups is 4. The van der Waals surface area contributed by atoms with Crippen LogP contribution >= 0.6 is 31.3 Å². The molecule has 0 saturated carbocycles. The lowest BCUT2D eigenvalue weighted by Crippen LogP contribution is -2.33. The van der Waals surface area contributed by atoms with E-state index in [1.54, 1.807) is 0 Å². The molecule has 0 bridgehead atoms. The van der Waals surface area contributed by atoms with E-state index in [-0.39, 0.29) is 50.4 Å². The van der Waals surface area contributed by atoms with Crippen LogP contribution in [-0.4, -0.2) is 155 Å². The second kappa shape index (κ2) is 18.8. The van der Waals surface area contributed by atoms with Gasteiger partial charge in [0.15, 0.2) is 35.4 Å². The molecule has 2 unspecified atom stereocenters. The van der Waals surface area contributed by atoms with Gasteiger partial charge in [0.2, 0.25) is 0 Å². The number of nitrogen functional groups attached to an aromatic ring is 2. The van der Waals surface area contributed by atoms with Gasteiger partial charge in [0.1, 0.15) is 60.3 Å². The maximum absolute atomic E-state index is 11.5. The Bertz CT molecular complexity index is 2020. The lowest BCUT2D eigenvalue weighted by Gasteiger charge is -2.17. The number of nitrogens with zero attached hydrogens (tertiary/aromatic N) is 8. The summed E-state index contributed by atoms with van der Waals surface area (Å²) >= 11 is 0. The van der Waals surface area contributed by atoms with Gasteiger partial charge in [0.25, 0.3) is 0 Å². The summed E-state index contributed by atoms with van der Waals surface area (Å²) in [7, 11) is -20.8. The second-order valence-corrected chi connectivity index (χ2v) is 16.6. The van der Waals surface area contributed by atoms with Gasteiger partial charge in [0.05, 0.1) is 25.9 Å². The topological polar surface area (TPSA) is 560 Å². The molecule has 0 spiro atoms. The van der Waals surface area contributed by atoms with E-state index in [9.17, 15) is 48.5 Å². The Hall–Kier alpha value is -3.14. The normalized spacial score (nSPS) is 27.0. The average molecular weight is 908 g/mol. The Morgan fingerprint density at radius 2 is 0.912 bits per heavy atom. The molecule has 2 aliphatic rings. The molecule has 6 heterocycles. The molecular formula is C20H36N10O23P4. The quantitative estimate of drug-likeness (QED) is 0.0589. The van der Waals surface area contributed by atoms with E-state index in [4.69, 9.17) is 40.5 Å². The summed E-state index contributed by atoms with van der Waals surface area (Å²) in [6, 6.07) is 0. The molecule has 4 aromatic rings. The molecule has 2 aliphatic heterocycles. The van der Waals surface area contributed by atoms with Crippen LogP contribution in [0.25, 0.3) is 22.3 Å². The Morgan fingerprint density at radius 1 is 0.579 bits per heavy atom. The molecule has 4 aromatic heterocycles. The lowest BCUT2D eigenvalue weighted by atomic mass is 10.1. The number of imidazole rings is 2. The van der Waals surface area contributed by atoms with Crippen molar-refractivity contribution in [2.24, 2.45) is 0 Å². The lowest BCUT2D eigenvalue weighted by molar-refractivity contribution is -0.0503. The number of aliphatic hydroxyl groups is 4. The van der Waals surface area contributed by atoms with Crippen LogP contribution in [0, 0.1) is 0 Å². The van der Waals surface area contributed by atoms with E-state index in [1.807, 2.05) is 0 Å². The highest BCUT2D eigenvalue weighted by Crippen LogP contribution is 2.58. The zero-order valence-corrected chi connectivity index (χ0v) is 31.5. The van der Waals surface area contributed by atoms with Crippen LogP contribution in [0.2, 0.25) is 0 Å². The largest absolute Gasteiger partial charge is 0.481 e. The number of hydrogen-bond donors (Lipinski definition) is 12. The summed E-state index contributed by atoms with van der Waals surface area (Å²) in [5.74, 6) is 0.171. The van der Waals surface area contributed by atoms with E-state index in [2.05, 4.69) is 47.6 Å². The van der Waals surface area contributed by atoms with Crippen molar-refractivity contribution in [1.82, 2.24) is 39.0 Å². The highest BCUT2D eigenvalue weighted by atomic mass is 31.3. The molecule has 37 heteroatoms. The molecule has 57 heavy (non-hydrogen) atoms. The molecular weight excluding hydrogens is 872 g/mol. The third-order valence-electron chi connectivity index (χ3n) is 7.22. The highest BCUT2D eigenvalue weighted by molar-refractivity contribution is 7.61. The third kappa shape index (κ3) is 12.0. The van der Waals surface area contributed by atoms with Gasteiger partial charge in [0, 0.05) is 0 Å². The van der Waals surface area contributed by atoms with E-state index >= 15 is 0 Å². The summed E-state index contributed by atoms with van der Waals surface area (Å²) in [6.45, 7) is -1.63. The molecule has 0 aliphatic carbocycles. The van der Waals surface area contributed by atoms with Gasteiger partial charge in [-0.25, -0.2) is 48.2 Å². The predicted octanol–water partition coefficient (Wildman–Crippen LogP) is -5.97.